The quantitative estimate of drug-likeness (QED) is 0.822. The van der Waals surface area contributed by atoms with Crippen molar-refractivity contribution in [3.8, 4) is 0 Å². The number of nitrogens with one attached hydrogen (secondary N) is 1. The molecule has 3 N–H and O–H groups in total. The van der Waals surface area contributed by atoms with E-state index in [-0.39, 0.29) is 5.54 Å². The van der Waals surface area contributed by atoms with Crippen molar-refractivity contribution in [3.63, 3.8) is 0 Å². The summed E-state index contributed by atoms with van der Waals surface area (Å²) in [5, 5.41) is 3.39. The largest absolute Gasteiger partial charge is 0.349 e. The molecule has 3 aliphatic carbocycles. The number of carbonyl (C=O) groups excluding carboxylic acids is 1. The molecule has 3 aliphatic rings. The average Bonchev–Trinajstić information content (AvgIpc) is 3.16. The molecular weight excluding hydrogens is 236 g/mol. The van der Waals surface area contributed by atoms with E-state index in [1.807, 2.05) is 0 Å². The monoisotopic (exact) mass is 264 g/mol. The van der Waals surface area contributed by atoms with Crippen molar-refractivity contribution in [2.24, 2.45) is 29.4 Å². The first-order valence-electron chi connectivity index (χ1n) is 8.20. The van der Waals surface area contributed by atoms with E-state index in [9.17, 15) is 4.79 Å². The summed E-state index contributed by atoms with van der Waals surface area (Å²) < 4.78 is 0. The zero-order chi connectivity index (χ0) is 13.5. The van der Waals surface area contributed by atoms with Gasteiger partial charge in [0.25, 0.3) is 0 Å². The summed E-state index contributed by atoms with van der Waals surface area (Å²) in [7, 11) is 0. The fraction of sp³-hybridized carbons (Fsp3) is 0.938. The van der Waals surface area contributed by atoms with Crippen LogP contribution in [0.25, 0.3) is 0 Å². The number of fused-ring (bicyclic) bond motifs is 1. The highest BCUT2D eigenvalue weighted by atomic mass is 16.2. The molecule has 3 heteroatoms. The van der Waals surface area contributed by atoms with Crippen LogP contribution in [0.1, 0.15) is 58.3 Å². The van der Waals surface area contributed by atoms with Gasteiger partial charge in [0.05, 0.1) is 5.54 Å². The molecule has 0 aromatic rings. The van der Waals surface area contributed by atoms with Crippen LogP contribution >= 0.6 is 0 Å². The predicted molar refractivity (Wildman–Crippen MR) is 76.5 cm³/mol. The Morgan fingerprint density at radius 1 is 1.16 bits per heavy atom. The Hall–Kier alpha value is -0.570. The molecular formula is C16H28N2O. The van der Waals surface area contributed by atoms with Gasteiger partial charge in [-0.15, -0.1) is 0 Å². The molecule has 1 amide bonds. The van der Waals surface area contributed by atoms with Crippen molar-refractivity contribution in [3.05, 3.63) is 0 Å². The van der Waals surface area contributed by atoms with E-state index in [4.69, 9.17) is 5.73 Å². The lowest BCUT2D eigenvalue weighted by Crippen LogP contribution is -2.59. The van der Waals surface area contributed by atoms with Crippen LogP contribution in [0.4, 0.5) is 0 Å². The van der Waals surface area contributed by atoms with E-state index in [1.54, 1.807) is 0 Å². The first-order valence-corrected chi connectivity index (χ1v) is 8.20. The van der Waals surface area contributed by atoms with Crippen LogP contribution in [0, 0.1) is 23.7 Å². The maximum atomic E-state index is 12.6. The molecule has 0 heterocycles. The highest BCUT2D eigenvalue weighted by molar-refractivity contribution is 5.83. The zero-order valence-corrected chi connectivity index (χ0v) is 12.2. The third-order valence-corrected chi connectivity index (χ3v) is 6.15. The van der Waals surface area contributed by atoms with Gasteiger partial charge >= 0.3 is 0 Å². The average molecular weight is 264 g/mol. The van der Waals surface area contributed by atoms with E-state index in [0.717, 1.165) is 6.42 Å². The lowest BCUT2D eigenvalue weighted by atomic mass is 9.73. The molecule has 4 unspecified atom stereocenters. The Morgan fingerprint density at radius 3 is 2.37 bits per heavy atom. The minimum absolute atomic E-state index is 0.110. The third kappa shape index (κ3) is 2.31. The lowest BCUT2D eigenvalue weighted by Gasteiger charge is -2.42. The van der Waals surface area contributed by atoms with E-state index in [0.29, 0.717) is 36.1 Å². The molecule has 3 nitrogen and oxygen atoms in total. The standard InChI is InChI=1S/C16H28N2O/c1-11-6-4-5-9-16(11,10-17)18-15(19)14-12-7-2-3-8-13(12)14/h11-14H,2-10,17H2,1H3,(H,18,19). The van der Waals surface area contributed by atoms with Gasteiger partial charge in [-0.25, -0.2) is 0 Å². The van der Waals surface area contributed by atoms with E-state index in [2.05, 4.69) is 12.2 Å². The second-order valence-corrected chi connectivity index (χ2v) is 7.13. The maximum Gasteiger partial charge on any atom is 0.224 e. The minimum Gasteiger partial charge on any atom is -0.349 e. The van der Waals surface area contributed by atoms with Crippen LogP contribution in [-0.2, 0) is 4.79 Å². The number of carbonyl (C=O) groups is 1. The van der Waals surface area contributed by atoms with E-state index >= 15 is 0 Å². The van der Waals surface area contributed by atoms with E-state index < -0.39 is 0 Å². The van der Waals surface area contributed by atoms with Crippen LogP contribution in [0.15, 0.2) is 0 Å². The summed E-state index contributed by atoms with van der Waals surface area (Å²) in [6, 6.07) is 0. The number of hydrogen-bond donors (Lipinski definition) is 2. The van der Waals surface area contributed by atoms with Gasteiger partial charge in [-0.1, -0.05) is 32.6 Å². The first-order chi connectivity index (χ1) is 9.18. The van der Waals surface area contributed by atoms with Crippen molar-refractivity contribution < 1.29 is 4.79 Å². The van der Waals surface area contributed by atoms with Crippen molar-refractivity contribution in [2.45, 2.75) is 63.8 Å². The second-order valence-electron chi connectivity index (χ2n) is 7.13. The van der Waals surface area contributed by atoms with Gasteiger partial charge in [0.1, 0.15) is 0 Å². The van der Waals surface area contributed by atoms with Crippen LogP contribution in [-0.4, -0.2) is 18.0 Å². The number of nitrogens with two attached hydrogens (primary N) is 1. The van der Waals surface area contributed by atoms with Crippen molar-refractivity contribution >= 4 is 5.91 Å². The number of amides is 1. The number of rotatable bonds is 3. The smallest absolute Gasteiger partial charge is 0.224 e. The van der Waals surface area contributed by atoms with Crippen molar-refractivity contribution in [2.75, 3.05) is 6.54 Å². The summed E-state index contributed by atoms with van der Waals surface area (Å²) in [5.41, 5.74) is 5.92. The fourth-order valence-corrected chi connectivity index (χ4v) is 4.66. The lowest BCUT2D eigenvalue weighted by molar-refractivity contribution is -0.126. The van der Waals surface area contributed by atoms with Gasteiger partial charge in [-0.2, -0.15) is 0 Å². The van der Waals surface area contributed by atoms with Gasteiger partial charge in [0.2, 0.25) is 5.91 Å². The fourth-order valence-electron chi connectivity index (χ4n) is 4.66. The van der Waals surface area contributed by atoms with Crippen molar-refractivity contribution in [1.29, 1.82) is 0 Å². The van der Waals surface area contributed by atoms with Crippen LogP contribution in [0.3, 0.4) is 0 Å². The first kappa shape index (κ1) is 13.4. The summed E-state index contributed by atoms with van der Waals surface area (Å²) in [6.45, 7) is 2.86. The summed E-state index contributed by atoms with van der Waals surface area (Å²) >= 11 is 0. The molecule has 0 aromatic carbocycles. The van der Waals surface area contributed by atoms with E-state index in [1.165, 1.54) is 44.9 Å². The molecule has 0 saturated heterocycles. The molecule has 4 atom stereocenters. The summed E-state index contributed by atoms with van der Waals surface area (Å²) in [5.74, 6) is 2.55. The Balaban J connectivity index is 1.64. The third-order valence-electron chi connectivity index (χ3n) is 6.15. The molecule has 0 spiro atoms. The Kier molecular flexibility index (Phi) is 3.59. The Bertz CT molecular complexity index is 345. The van der Waals surface area contributed by atoms with Gasteiger partial charge < -0.3 is 11.1 Å². The maximum absolute atomic E-state index is 12.6. The molecule has 0 aromatic heterocycles. The van der Waals surface area contributed by atoms with Gasteiger partial charge in [0.15, 0.2) is 0 Å². The topological polar surface area (TPSA) is 55.1 Å². The predicted octanol–water partition coefficient (Wildman–Crippen LogP) is 2.45. The molecule has 0 bridgehead atoms. The van der Waals surface area contributed by atoms with Crippen LogP contribution in [0.5, 0.6) is 0 Å². The van der Waals surface area contributed by atoms with Gasteiger partial charge in [0, 0.05) is 12.5 Å². The molecule has 3 saturated carbocycles. The van der Waals surface area contributed by atoms with Crippen LogP contribution in [0.2, 0.25) is 0 Å². The summed E-state index contributed by atoms with van der Waals surface area (Å²) in [4.78, 5) is 12.6. The van der Waals surface area contributed by atoms with Crippen LogP contribution < -0.4 is 11.1 Å². The highest BCUT2D eigenvalue weighted by Crippen LogP contribution is 2.55. The minimum atomic E-state index is -0.110. The van der Waals surface area contributed by atoms with Crippen molar-refractivity contribution in [1.82, 2.24) is 5.32 Å². The molecule has 3 fully saturated rings. The zero-order valence-electron chi connectivity index (χ0n) is 12.2. The molecule has 19 heavy (non-hydrogen) atoms. The summed E-state index contributed by atoms with van der Waals surface area (Å²) in [6.07, 6.45) is 9.95. The molecule has 3 rings (SSSR count). The molecule has 0 aliphatic heterocycles. The SMILES string of the molecule is CC1CCCCC1(CN)NC(=O)C1C2CCCCC21. The van der Waals surface area contributed by atoms with Gasteiger partial charge in [-0.3, -0.25) is 4.79 Å². The second kappa shape index (κ2) is 5.08. The molecule has 108 valence electrons. The molecule has 0 radical (unpaired) electrons. The van der Waals surface area contributed by atoms with Gasteiger partial charge in [-0.05, 0) is 43.4 Å². The highest BCUT2D eigenvalue weighted by Gasteiger charge is 2.56. The number of hydrogen-bond acceptors (Lipinski definition) is 2. The normalized spacial score (nSPS) is 45.4. The Labute approximate surface area is 116 Å². The Morgan fingerprint density at radius 2 is 1.79 bits per heavy atom.